The lowest BCUT2D eigenvalue weighted by atomic mass is 10.0. The first-order valence-corrected chi connectivity index (χ1v) is 6.30. The highest BCUT2D eigenvalue weighted by Gasteiger charge is 2.57. The molecule has 2 atom stereocenters. The van der Waals surface area contributed by atoms with Gasteiger partial charge in [0.2, 0.25) is 0 Å². The largest absolute Gasteiger partial charge is 0.330 e. The Morgan fingerprint density at radius 3 is 2.60 bits per heavy atom. The van der Waals surface area contributed by atoms with E-state index >= 15 is 0 Å². The molecule has 1 aliphatic rings. The van der Waals surface area contributed by atoms with Crippen LogP contribution in [0.5, 0.6) is 0 Å². The molecular weight excluding hydrogens is 273 g/mol. The molecule has 1 aliphatic carbocycles. The summed E-state index contributed by atoms with van der Waals surface area (Å²) in [6.45, 7) is 5.26. The van der Waals surface area contributed by atoms with E-state index in [-0.39, 0.29) is 0 Å². The van der Waals surface area contributed by atoms with Gasteiger partial charge in [0.15, 0.2) is 0 Å². The molecule has 2 rings (SSSR count). The van der Waals surface area contributed by atoms with Crippen LogP contribution in [0.25, 0.3) is 0 Å². The topological polar surface area (TPSA) is 26.0 Å². The minimum Gasteiger partial charge on any atom is -0.330 e. The summed E-state index contributed by atoms with van der Waals surface area (Å²) in [6, 6.07) is 6.11. The van der Waals surface area contributed by atoms with E-state index in [4.69, 9.17) is 17.3 Å². The molecule has 1 aromatic rings. The fourth-order valence-corrected chi connectivity index (χ4v) is 3.35. The Morgan fingerprint density at radius 1 is 1.47 bits per heavy atom. The molecule has 2 N–H and O–H groups in total. The number of hydrogen-bond donors (Lipinski definition) is 1. The Morgan fingerprint density at radius 2 is 2.13 bits per heavy atom. The van der Waals surface area contributed by atoms with Gasteiger partial charge < -0.3 is 5.73 Å². The van der Waals surface area contributed by atoms with E-state index in [0.29, 0.717) is 17.3 Å². The van der Waals surface area contributed by atoms with Crippen molar-refractivity contribution in [1.82, 2.24) is 0 Å². The zero-order chi connectivity index (χ0) is 11.2. The summed E-state index contributed by atoms with van der Waals surface area (Å²) < 4.78 is 1.03. The highest BCUT2D eigenvalue weighted by atomic mass is 79.9. The lowest BCUT2D eigenvalue weighted by Gasteiger charge is -2.06. The van der Waals surface area contributed by atoms with E-state index in [1.54, 1.807) is 0 Å². The molecule has 0 bridgehead atoms. The number of benzene rings is 1. The molecule has 1 aromatic carbocycles. The fourth-order valence-electron chi connectivity index (χ4n) is 2.56. The molecule has 82 valence electrons. The van der Waals surface area contributed by atoms with Gasteiger partial charge in [0.1, 0.15) is 0 Å². The van der Waals surface area contributed by atoms with E-state index < -0.39 is 0 Å². The predicted octanol–water partition coefficient (Wildman–Crippen LogP) is 3.80. The highest BCUT2D eigenvalue weighted by Crippen LogP contribution is 2.64. The van der Waals surface area contributed by atoms with Gasteiger partial charge in [-0.05, 0) is 41.5 Å². The SMILES string of the molecule is CC1(C)C(CN)C1c1ccc(Br)cc1Cl. The van der Waals surface area contributed by atoms with Gasteiger partial charge in [-0.1, -0.05) is 47.4 Å². The number of rotatable bonds is 2. The maximum Gasteiger partial charge on any atom is 0.0452 e. The molecule has 0 spiro atoms. The zero-order valence-corrected chi connectivity index (χ0v) is 11.3. The third-order valence-electron chi connectivity index (χ3n) is 3.60. The Bertz CT molecular complexity index is 389. The van der Waals surface area contributed by atoms with Crippen LogP contribution in [0.2, 0.25) is 5.02 Å². The molecule has 0 aromatic heterocycles. The van der Waals surface area contributed by atoms with Crippen molar-refractivity contribution in [3.63, 3.8) is 0 Å². The van der Waals surface area contributed by atoms with Crippen LogP contribution in [0.3, 0.4) is 0 Å². The van der Waals surface area contributed by atoms with Crippen molar-refractivity contribution in [1.29, 1.82) is 0 Å². The molecule has 1 fully saturated rings. The first-order valence-electron chi connectivity index (χ1n) is 5.13. The second-order valence-corrected chi connectivity index (χ2v) is 6.13. The van der Waals surface area contributed by atoms with Gasteiger partial charge in [-0.3, -0.25) is 0 Å². The van der Waals surface area contributed by atoms with Crippen molar-refractivity contribution in [2.75, 3.05) is 6.54 Å². The van der Waals surface area contributed by atoms with Crippen LogP contribution < -0.4 is 5.73 Å². The summed E-state index contributed by atoms with van der Waals surface area (Å²) in [7, 11) is 0. The smallest absolute Gasteiger partial charge is 0.0452 e. The first kappa shape index (κ1) is 11.4. The molecule has 0 radical (unpaired) electrons. The minimum absolute atomic E-state index is 0.298. The summed E-state index contributed by atoms with van der Waals surface area (Å²) in [5.41, 5.74) is 7.30. The third-order valence-corrected chi connectivity index (χ3v) is 4.42. The van der Waals surface area contributed by atoms with Crippen LogP contribution in [-0.2, 0) is 0 Å². The second-order valence-electron chi connectivity index (χ2n) is 4.81. The summed E-state index contributed by atoms with van der Waals surface area (Å²) in [5.74, 6) is 1.08. The normalized spacial score (nSPS) is 27.8. The van der Waals surface area contributed by atoms with Crippen LogP contribution in [0.1, 0.15) is 25.3 Å². The second kappa shape index (κ2) is 3.76. The predicted molar refractivity (Wildman–Crippen MR) is 68.2 cm³/mol. The molecule has 1 saturated carbocycles. The standard InChI is InChI=1S/C12H15BrClN/c1-12(2)9(6-15)11(12)8-4-3-7(13)5-10(8)14/h3-5,9,11H,6,15H2,1-2H3. The Labute approximate surface area is 104 Å². The van der Waals surface area contributed by atoms with E-state index in [1.165, 1.54) is 5.56 Å². The van der Waals surface area contributed by atoms with Crippen molar-refractivity contribution in [2.45, 2.75) is 19.8 Å². The average Bonchev–Trinajstić information content (AvgIpc) is 2.68. The van der Waals surface area contributed by atoms with Crippen LogP contribution in [0.15, 0.2) is 22.7 Å². The van der Waals surface area contributed by atoms with Crippen LogP contribution in [-0.4, -0.2) is 6.54 Å². The monoisotopic (exact) mass is 287 g/mol. The number of hydrogen-bond acceptors (Lipinski definition) is 1. The van der Waals surface area contributed by atoms with Gasteiger partial charge in [0.25, 0.3) is 0 Å². The summed E-state index contributed by atoms with van der Waals surface area (Å²) in [4.78, 5) is 0. The van der Waals surface area contributed by atoms with Crippen LogP contribution in [0.4, 0.5) is 0 Å². The molecule has 15 heavy (non-hydrogen) atoms. The molecule has 2 unspecified atom stereocenters. The minimum atomic E-state index is 0.298. The summed E-state index contributed by atoms with van der Waals surface area (Å²) in [6.07, 6.45) is 0. The van der Waals surface area contributed by atoms with Crippen molar-refractivity contribution < 1.29 is 0 Å². The van der Waals surface area contributed by atoms with Gasteiger partial charge >= 0.3 is 0 Å². The van der Waals surface area contributed by atoms with Crippen LogP contribution in [0, 0.1) is 11.3 Å². The maximum atomic E-state index is 6.24. The van der Waals surface area contributed by atoms with Gasteiger partial charge in [-0.25, -0.2) is 0 Å². The van der Waals surface area contributed by atoms with Crippen molar-refractivity contribution in [3.8, 4) is 0 Å². The Kier molecular flexibility index (Phi) is 2.87. The van der Waals surface area contributed by atoms with E-state index in [0.717, 1.165) is 16.0 Å². The van der Waals surface area contributed by atoms with E-state index in [1.807, 2.05) is 12.1 Å². The lowest BCUT2D eigenvalue weighted by Crippen LogP contribution is -2.05. The molecule has 0 amide bonds. The third kappa shape index (κ3) is 1.83. The molecule has 1 nitrogen and oxygen atoms in total. The van der Waals surface area contributed by atoms with Gasteiger partial charge in [-0.2, -0.15) is 0 Å². The average molecular weight is 289 g/mol. The quantitative estimate of drug-likeness (QED) is 0.880. The molecule has 0 heterocycles. The van der Waals surface area contributed by atoms with E-state index in [9.17, 15) is 0 Å². The van der Waals surface area contributed by atoms with E-state index in [2.05, 4.69) is 35.8 Å². The maximum absolute atomic E-state index is 6.24. The fraction of sp³-hybridized carbons (Fsp3) is 0.500. The Balaban J connectivity index is 2.33. The molecule has 0 aliphatic heterocycles. The Hall–Kier alpha value is -0.0500. The first-order chi connectivity index (χ1) is 6.98. The van der Waals surface area contributed by atoms with Crippen molar-refractivity contribution in [2.24, 2.45) is 17.1 Å². The van der Waals surface area contributed by atoms with Crippen molar-refractivity contribution in [3.05, 3.63) is 33.3 Å². The molecule has 3 heteroatoms. The lowest BCUT2D eigenvalue weighted by molar-refractivity contribution is 0.558. The summed E-state index contributed by atoms with van der Waals surface area (Å²) >= 11 is 9.66. The molecule has 0 saturated heterocycles. The summed E-state index contributed by atoms with van der Waals surface area (Å²) in [5, 5.41) is 0.846. The highest BCUT2D eigenvalue weighted by molar-refractivity contribution is 9.10. The zero-order valence-electron chi connectivity index (χ0n) is 8.93. The van der Waals surface area contributed by atoms with Crippen molar-refractivity contribution >= 4 is 27.5 Å². The number of nitrogens with two attached hydrogens (primary N) is 1. The van der Waals surface area contributed by atoms with Crippen LogP contribution >= 0.6 is 27.5 Å². The molecular formula is C12H15BrClN. The van der Waals surface area contributed by atoms with Gasteiger partial charge in [0.05, 0.1) is 0 Å². The van der Waals surface area contributed by atoms with Gasteiger partial charge in [-0.15, -0.1) is 0 Å². The van der Waals surface area contributed by atoms with Gasteiger partial charge in [0, 0.05) is 9.50 Å². The number of halogens is 2.